The normalized spacial score (nSPS) is 11.4. The maximum atomic E-state index is 14.8. The van der Waals surface area contributed by atoms with Gasteiger partial charge in [0, 0.05) is 22.1 Å². The summed E-state index contributed by atoms with van der Waals surface area (Å²) < 4.78 is 25.7. The molecule has 5 nitrogen and oxygen atoms in total. The molecule has 0 amide bonds. The number of hydrogen-bond donors (Lipinski definition) is 1. The Morgan fingerprint density at radius 3 is 1.83 bits per heavy atom. The molecule has 0 saturated heterocycles. The zero-order valence-corrected chi connectivity index (χ0v) is 18.0. The van der Waals surface area contributed by atoms with Crippen molar-refractivity contribution in [3.8, 4) is 11.5 Å². The summed E-state index contributed by atoms with van der Waals surface area (Å²) in [5.74, 6) is 1.11. The average Bonchev–Trinajstić information content (AvgIpc) is 2.79. The Morgan fingerprint density at radius 2 is 1.33 bits per heavy atom. The van der Waals surface area contributed by atoms with E-state index < -0.39 is 7.14 Å². The van der Waals surface area contributed by atoms with E-state index in [-0.39, 0.29) is 0 Å². The quantitative estimate of drug-likeness (QED) is 0.499. The molecule has 0 aliphatic rings. The first-order chi connectivity index (χ1) is 14.5. The number of aromatic nitrogens is 1. The van der Waals surface area contributed by atoms with E-state index in [9.17, 15) is 4.57 Å². The molecule has 152 valence electrons. The summed E-state index contributed by atoms with van der Waals surface area (Å²) >= 11 is 0. The molecule has 0 aliphatic heterocycles. The predicted octanol–water partition coefficient (Wildman–Crippen LogP) is 3.78. The molecule has 0 spiro atoms. The van der Waals surface area contributed by atoms with Crippen LogP contribution in [0.3, 0.4) is 0 Å². The molecule has 0 aliphatic carbocycles. The first kappa shape index (κ1) is 20.0. The lowest BCUT2D eigenvalue weighted by atomic mass is 10.1. The second kappa shape index (κ2) is 7.85. The minimum absolute atomic E-state index is 0.439. The summed E-state index contributed by atoms with van der Waals surface area (Å²) in [5, 5.41) is 2.67. The molecule has 0 fully saturated rings. The lowest BCUT2D eigenvalue weighted by Gasteiger charge is -2.24. The number of fused-ring (bicyclic) bond motifs is 1. The molecule has 30 heavy (non-hydrogen) atoms. The number of rotatable bonds is 5. The highest BCUT2D eigenvalue weighted by molar-refractivity contribution is 7.85. The van der Waals surface area contributed by atoms with Gasteiger partial charge in [0.25, 0.3) is 0 Å². The Morgan fingerprint density at radius 1 is 0.833 bits per heavy atom. The van der Waals surface area contributed by atoms with Crippen LogP contribution in [0, 0.1) is 6.92 Å². The number of methoxy groups -OCH3 is 2. The number of anilines is 1. The largest absolute Gasteiger partial charge is 0.493 e. The second-order valence-corrected chi connectivity index (χ2v) is 9.66. The van der Waals surface area contributed by atoms with Crippen molar-refractivity contribution in [3.05, 3.63) is 78.5 Å². The Hall–Kier alpha value is -3.30. The van der Waals surface area contributed by atoms with E-state index in [0.717, 1.165) is 0 Å². The van der Waals surface area contributed by atoms with Gasteiger partial charge >= 0.3 is 0 Å². The van der Waals surface area contributed by atoms with Crippen LogP contribution in [0.4, 0.5) is 5.69 Å². The van der Waals surface area contributed by atoms with Crippen molar-refractivity contribution in [1.29, 1.82) is 0 Å². The van der Waals surface area contributed by atoms with Crippen molar-refractivity contribution in [3.63, 3.8) is 0 Å². The number of nitrogen functional groups attached to an aromatic ring is 1. The van der Waals surface area contributed by atoms with Gasteiger partial charge in [-0.1, -0.05) is 60.7 Å². The summed E-state index contributed by atoms with van der Waals surface area (Å²) in [7, 11) is -0.111. The highest BCUT2D eigenvalue weighted by Gasteiger charge is 2.34. The summed E-state index contributed by atoms with van der Waals surface area (Å²) in [6.07, 6.45) is 0. The molecular formula is C24H23N2O3P. The van der Waals surface area contributed by atoms with Crippen molar-refractivity contribution >= 4 is 39.6 Å². The minimum atomic E-state index is -3.26. The van der Waals surface area contributed by atoms with E-state index in [0.29, 0.717) is 49.7 Å². The Labute approximate surface area is 175 Å². The highest BCUT2D eigenvalue weighted by Crippen LogP contribution is 2.46. The molecule has 2 N–H and O–H groups in total. The third kappa shape index (κ3) is 3.12. The molecule has 1 heterocycles. The van der Waals surface area contributed by atoms with Crippen molar-refractivity contribution in [2.75, 3.05) is 20.0 Å². The van der Waals surface area contributed by atoms with Gasteiger partial charge in [0.1, 0.15) is 0 Å². The van der Waals surface area contributed by atoms with E-state index in [1.54, 1.807) is 26.4 Å². The Kier molecular flexibility index (Phi) is 5.23. The number of ether oxygens (including phenoxy) is 2. The summed E-state index contributed by atoms with van der Waals surface area (Å²) in [5.41, 5.74) is 8.42. The molecule has 3 aromatic carbocycles. The monoisotopic (exact) mass is 418 g/mol. The van der Waals surface area contributed by atoms with Crippen LogP contribution in [0.25, 0.3) is 10.9 Å². The van der Waals surface area contributed by atoms with Gasteiger partial charge in [0.15, 0.2) is 18.6 Å². The molecule has 0 bridgehead atoms. The van der Waals surface area contributed by atoms with E-state index in [1.165, 1.54) is 0 Å². The lowest BCUT2D eigenvalue weighted by molar-refractivity contribution is 0.356. The number of hydrogen-bond acceptors (Lipinski definition) is 5. The maximum absolute atomic E-state index is 14.8. The Bertz CT molecular complexity index is 1210. The van der Waals surface area contributed by atoms with Crippen molar-refractivity contribution in [2.45, 2.75) is 6.92 Å². The topological polar surface area (TPSA) is 74.4 Å². The fraction of sp³-hybridized carbons (Fsp3) is 0.125. The van der Waals surface area contributed by atoms with Gasteiger partial charge in [-0.15, -0.1) is 0 Å². The molecule has 0 saturated carbocycles. The number of pyridine rings is 1. The summed E-state index contributed by atoms with van der Waals surface area (Å²) in [6, 6.07) is 22.5. The fourth-order valence-corrected chi connectivity index (χ4v) is 6.78. The SMILES string of the molecule is COc1cc2nc(C)c(P(=O)(c3ccccc3)c3ccccc3)c(N)c2cc1OC. The average molecular weight is 418 g/mol. The smallest absolute Gasteiger partial charge is 0.174 e. The fourth-order valence-electron chi connectivity index (χ4n) is 3.81. The number of nitrogens with two attached hydrogens (primary N) is 1. The van der Waals surface area contributed by atoms with Gasteiger partial charge in [-0.3, -0.25) is 4.98 Å². The third-order valence-corrected chi connectivity index (χ3v) is 8.48. The van der Waals surface area contributed by atoms with E-state index in [4.69, 9.17) is 20.2 Å². The van der Waals surface area contributed by atoms with Gasteiger partial charge < -0.3 is 19.8 Å². The van der Waals surface area contributed by atoms with Crippen molar-refractivity contribution in [2.24, 2.45) is 0 Å². The minimum Gasteiger partial charge on any atom is -0.493 e. The van der Waals surface area contributed by atoms with Crippen LogP contribution in [-0.4, -0.2) is 19.2 Å². The maximum Gasteiger partial charge on any atom is 0.174 e. The lowest BCUT2D eigenvalue weighted by Crippen LogP contribution is -2.29. The van der Waals surface area contributed by atoms with E-state index in [1.807, 2.05) is 67.6 Å². The predicted molar refractivity (Wildman–Crippen MR) is 123 cm³/mol. The molecule has 6 heteroatoms. The van der Waals surface area contributed by atoms with E-state index in [2.05, 4.69) is 0 Å². The standard InChI is InChI=1S/C24H23N2O3P/c1-16-24(23(25)19-14-21(28-2)22(29-3)15-20(19)26-16)30(27,17-10-6-4-7-11-17)18-12-8-5-9-13-18/h4-15H,1-3H3,(H2,25,26). The first-order valence-electron chi connectivity index (χ1n) is 9.54. The van der Waals surface area contributed by atoms with Gasteiger partial charge in [0.05, 0.1) is 36.4 Å². The number of benzene rings is 3. The van der Waals surface area contributed by atoms with Gasteiger partial charge in [-0.25, -0.2) is 0 Å². The second-order valence-electron chi connectivity index (χ2n) is 6.96. The third-order valence-electron chi connectivity index (χ3n) is 5.23. The Balaban J connectivity index is 2.10. The summed E-state index contributed by atoms with van der Waals surface area (Å²) in [6.45, 7) is 1.85. The summed E-state index contributed by atoms with van der Waals surface area (Å²) in [4.78, 5) is 4.75. The van der Waals surface area contributed by atoms with Gasteiger partial charge in [-0.05, 0) is 13.0 Å². The van der Waals surface area contributed by atoms with Crippen molar-refractivity contribution < 1.29 is 14.0 Å². The molecule has 4 aromatic rings. The molecular weight excluding hydrogens is 395 g/mol. The van der Waals surface area contributed by atoms with Crippen LogP contribution < -0.4 is 31.1 Å². The van der Waals surface area contributed by atoms with Crippen LogP contribution >= 0.6 is 7.14 Å². The van der Waals surface area contributed by atoms with E-state index >= 15 is 0 Å². The van der Waals surface area contributed by atoms with Crippen LogP contribution in [0.1, 0.15) is 5.69 Å². The van der Waals surface area contributed by atoms with Crippen LogP contribution in [0.15, 0.2) is 72.8 Å². The number of aryl methyl sites for hydroxylation is 1. The van der Waals surface area contributed by atoms with Crippen LogP contribution in [-0.2, 0) is 4.57 Å². The highest BCUT2D eigenvalue weighted by atomic mass is 31.2. The molecule has 0 atom stereocenters. The molecule has 0 unspecified atom stereocenters. The van der Waals surface area contributed by atoms with Gasteiger partial charge in [0.2, 0.25) is 0 Å². The van der Waals surface area contributed by atoms with Crippen molar-refractivity contribution in [1.82, 2.24) is 4.98 Å². The zero-order chi connectivity index (χ0) is 21.3. The molecule has 4 rings (SSSR count). The zero-order valence-electron chi connectivity index (χ0n) is 17.1. The van der Waals surface area contributed by atoms with Gasteiger partial charge in [-0.2, -0.15) is 0 Å². The van der Waals surface area contributed by atoms with Crippen LogP contribution in [0.5, 0.6) is 11.5 Å². The number of nitrogens with zero attached hydrogens (tertiary/aromatic N) is 1. The molecule has 0 radical (unpaired) electrons. The van der Waals surface area contributed by atoms with Crippen LogP contribution in [0.2, 0.25) is 0 Å². The molecule has 1 aromatic heterocycles. The first-order valence-corrected chi connectivity index (χ1v) is 11.2.